The number of nitrogens with zero attached hydrogens (tertiary/aromatic N) is 3. The fourth-order valence-electron chi connectivity index (χ4n) is 1.62. The van der Waals surface area contributed by atoms with E-state index in [0.29, 0.717) is 6.61 Å². The maximum Gasteiger partial charge on any atom is 0.123 e. The minimum atomic E-state index is 0.714. The highest BCUT2D eigenvalue weighted by molar-refractivity contribution is 5.74. The first-order chi connectivity index (χ1) is 7.83. The van der Waals surface area contributed by atoms with Crippen LogP contribution in [0.5, 0.6) is 0 Å². The fourth-order valence-corrected chi connectivity index (χ4v) is 1.62. The van der Waals surface area contributed by atoms with Crippen molar-refractivity contribution < 1.29 is 4.74 Å². The van der Waals surface area contributed by atoms with E-state index in [4.69, 9.17) is 4.74 Å². The SMILES string of the molecule is COCCNCc1nc2ccncc2n1C. The molecule has 0 unspecified atom stereocenters. The van der Waals surface area contributed by atoms with Gasteiger partial charge in [0.25, 0.3) is 0 Å². The number of aromatic nitrogens is 3. The minimum absolute atomic E-state index is 0.714. The number of hydrogen-bond donors (Lipinski definition) is 1. The summed E-state index contributed by atoms with van der Waals surface area (Å²) in [6.07, 6.45) is 3.60. The van der Waals surface area contributed by atoms with E-state index < -0.39 is 0 Å². The zero-order valence-electron chi connectivity index (χ0n) is 9.60. The van der Waals surface area contributed by atoms with Crippen molar-refractivity contribution >= 4 is 11.0 Å². The number of methoxy groups -OCH3 is 1. The Balaban J connectivity index is 2.09. The molecule has 0 atom stereocenters. The average Bonchev–Trinajstić information content (AvgIpc) is 2.63. The number of rotatable bonds is 5. The molecular weight excluding hydrogens is 204 g/mol. The first kappa shape index (κ1) is 11.0. The maximum absolute atomic E-state index is 4.97. The van der Waals surface area contributed by atoms with Gasteiger partial charge in [0.2, 0.25) is 0 Å². The van der Waals surface area contributed by atoms with Crippen LogP contribution in [0.15, 0.2) is 18.5 Å². The number of hydrogen-bond acceptors (Lipinski definition) is 4. The lowest BCUT2D eigenvalue weighted by Gasteiger charge is -2.04. The van der Waals surface area contributed by atoms with Crippen molar-refractivity contribution in [2.45, 2.75) is 6.54 Å². The topological polar surface area (TPSA) is 52.0 Å². The highest BCUT2D eigenvalue weighted by Crippen LogP contribution is 2.12. The predicted molar refractivity (Wildman–Crippen MR) is 62.1 cm³/mol. The predicted octanol–water partition coefficient (Wildman–Crippen LogP) is 0.704. The maximum atomic E-state index is 4.97. The first-order valence-electron chi connectivity index (χ1n) is 5.28. The molecule has 0 fully saturated rings. The van der Waals surface area contributed by atoms with Gasteiger partial charge in [0, 0.05) is 26.9 Å². The van der Waals surface area contributed by atoms with Gasteiger partial charge in [-0.2, -0.15) is 0 Å². The van der Waals surface area contributed by atoms with Crippen molar-refractivity contribution in [3.05, 3.63) is 24.3 Å². The molecular formula is C11H16N4O. The Labute approximate surface area is 94.5 Å². The Bertz CT molecular complexity index is 466. The molecule has 2 aromatic rings. The van der Waals surface area contributed by atoms with Crippen LogP contribution < -0.4 is 5.32 Å². The number of aryl methyl sites for hydroxylation is 1. The van der Waals surface area contributed by atoms with E-state index >= 15 is 0 Å². The second kappa shape index (κ2) is 5.05. The molecule has 0 aliphatic rings. The normalized spacial score (nSPS) is 11.1. The van der Waals surface area contributed by atoms with Gasteiger partial charge in [-0.1, -0.05) is 0 Å². The van der Waals surface area contributed by atoms with Gasteiger partial charge in [-0.3, -0.25) is 4.98 Å². The summed E-state index contributed by atoms with van der Waals surface area (Å²) in [5.41, 5.74) is 2.05. The van der Waals surface area contributed by atoms with Gasteiger partial charge >= 0.3 is 0 Å². The van der Waals surface area contributed by atoms with Crippen LogP contribution in [0.25, 0.3) is 11.0 Å². The second-order valence-electron chi connectivity index (χ2n) is 3.62. The molecule has 0 aliphatic carbocycles. The van der Waals surface area contributed by atoms with Crippen LogP contribution in [0.2, 0.25) is 0 Å². The molecule has 2 aromatic heterocycles. The molecule has 0 radical (unpaired) electrons. The monoisotopic (exact) mass is 220 g/mol. The molecule has 0 aliphatic heterocycles. The average molecular weight is 220 g/mol. The quantitative estimate of drug-likeness (QED) is 0.754. The van der Waals surface area contributed by atoms with E-state index in [1.807, 2.05) is 19.3 Å². The van der Waals surface area contributed by atoms with Crippen LogP contribution in [0.4, 0.5) is 0 Å². The van der Waals surface area contributed by atoms with Crippen molar-refractivity contribution in [2.24, 2.45) is 7.05 Å². The van der Waals surface area contributed by atoms with Gasteiger partial charge < -0.3 is 14.6 Å². The smallest absolute Gasteiger partial charge is 0.123 e. The summed E-state index contributed by atoms with van der Waals surface area (Å²) in [6, 6.07) is 1.92. The van der Waals surface area contributed by atoms with Gasteiger partial charge in [-0.05, 0) is 6.07 Å². The van der Waals surface area contributed by atoms with E-state index in [1.165, 1.54) is 0 Å². The molecule has 0 bridgehead atoms. The van der Waals surface area contributed by atoms with E-state index in [1.54, 1.807) is 13.3 Å². The minimum Gasteiger partial charge on any atom is -0.383 e. The van der Waals surface area contributed by atoms with Gasteiger partial charge in [0.05, 0.1) is 30.4 Å². The third-order valence-corrected chi connectivity index (χ3v) is 2.54. The number of fused-ring (bicyclic) bond motifs is 1. The molecule has 1 N–H and O–H groups in total. The van der Waals surface area contributed by atoms with Crippen molar-refractivity contribution in [3.63, 3.8) is 0 Å². The van der Waals surface area contributed by atoms with E-state index in [2.05, 4.69) is 19.9 Å². The summed E-state index contributed by atoms with van der Waals surface area (Å²) >= 11 is 0. The Hall–Kier alpha value is -1.46. The molecule has 0 saturated heterocycles. The largest absolute Gasteiger partial charge is 0.383 e. The molecule has 5 heteroatoms. The molecule has 2 heterocycles. The standard InChI is InChI=1S/C11H16N4O/c1-15-10-7-12-4-3-9(10)14-11(15)8-13-5-6-16-2/h3-4,7,13H,5-6,8H2,1-2H3. The van der Waals surface area contributed by atoms with E-state index in [9.17, 15) is 0 Å². The lowest BCUT2D eigenvalue weighted by Crippen LogP contribution is -2.20. The van der Waals surface area contributed by atoms with Gasteiger partial charge in [0.1, 0.15) is 5.82 Å². The number of nitrogens with one attached hydrogen (secondary N) is 1. The van der Waals surface area contributed by atoms with Crippen molar-refractivity contribution in [1.29, 1.82) is 0 Å². The molecule has 0 saturated carbocycles. The van der Waals surface area contributed by atoms with Crippen LogP contribution in [0, 0.1) is 0 Å². The van der Waals surface area contributed by atoms with Crippen LogP contribution >= 0.6 is 0 Å². The lowest BCUT2D eigenvalue weighted by atomic mass is 10.4. The molecule has 0 spiro atoms. The zero-order valence-corrected chi connectivity index (χ0v) is 9.60. The molecule has 86 valence electrons. The van der Waals surface area contributed by atoms with E-state index in [-0.39, 0.29) is 0 Å². The number of imidazole rings is 1. The van der Waals surface area contributed by atoms with Crippen molar-refractivity contribution in [1.82, 2.24) is 19.9 Å². The summed E-state index contributed by atoms with van der Waals surface area (Å²) in [5, 5.41) is 3.28. The highest BCUT2D eigenvalue weighted by Gasteiger charge is 2.06. The number of ether oxygens (including phenoxy) is 1. The summed E-state index contributed by atoms with van der Waals surface area (Å²) in [5.74, 6) is 1.01. The Morgan fingerprint density at radius 3 is 3.12 bits per heavy atom. The van der Waals surface area contributed by atoms with Crippen LogP contribution in [0.3, 0.4) is 0 Å². The first-order valence-corrected chi connectivity index (χ1v) is 5.28. The van der Waals surface area contributed by atoms with Crippen LogP contribution in [-0.4, -0.2) is 34.8 Å². The van der Waals surface area contributed by atoms with Crippen molar-refractivity contribution in [2.75, 3.05) is 20.3 Å². The van der Waals surface area contributed by atoms with Gasteiger partial charge in [-0.25, -0.2) is 4.98 Å². The van der Waals surface area contributed by atoms with Gasteiger partial charge in [-0.15, -0.1) is 0 Å². The lowest BCUT2D eigenvalue weighted by molar-refractivity contribution is 0.199. The summed E-state index contributed by atoms with van der Waals surface area (Å²) in [6.45, 7) is 2.29. The summed E-state index contributed by atoms with van der Waals surface area (Å²) in [7, 11) is 3.70. The molecule has 16 heavy (non-hydrogen) atoms. The summed E-state index contributed by atoms with van der Waals surface area (Å²) < 4.78 is 7.03. The fraction of sp³-hybridized carbons (Fsp3) is 0.455. The summed E-state index contributed by atoms with van der Waals surface area (Å²) in [4.78, 5) is 8.63. The molecule has 5 nitrogen and oxygen atoms in total. The zero-order chi connectivity index (χ0) is 11.4. The highest BCUT2D eigenvalue weighted by atomic mass is 16.5. The second-order valence-corrected chi connectivity index (χ2v) is 3.62. The van der Waals surface area contributed by atoms with Crippen molar-refractivity contribution in [3.8, 4) is 0 Å². The van der Waals surface area contributed by atoms with E-state index in [0.717, 1.165) is 29.9 Å². The molecule has 2 rings (SSSR count). The third-order valence-electron chi connectivity index (χ3n) is 2.54. The Morgan fingerprint density at radius 1 is 1.50 bits per heavy atom. The van der Waals surface area contributed by atoms with Gasteiger partial charge in [0.15, 0.2) is 0 Å². The molecule has 0 amide bonds. The Kier molecular flexibility index (Phi) is 3.48. The van der Waals surface area contributed by atoms with Crippen LogP contribution in [-0.2, 0) is 18.3 Å². The van der Waals surface area contributed by atoms with Crippen LogP contribution in [0.1, 0.15) is 5.82 Å². The molecule has 0 aromatic carbocycles. The third kappa shape index (κ3) is 2.20. The Morgan fingerprint density at radius 2 is 2.38 bits per heavy atom. The number of pyridine rings is 1.